The molecule has 0 aliphatic carbocycles. The van der Waals surface area contributed by atoms with Crippen molar-refractivity contribution in [3.63, 3.8) is 0 Å². The molecular weight excluding hydrogens is 551 g/mol. The molecule has 0 aromatic heterocycles. The third kappa shape index (κ3) is 4.86. The van der Waals surface area contributed by atoms with E-state index in [1.807, 2.05) is 0 Å². The molecule has 6 heteroatoms. The molecule has 0 heterocycles. The van der Waals surface area contributed by atoms with Crippen molar-refractivity contribution in [1.82, 2.24) is 0 Å². The van der Waals surface area contributed by atoms with E-state index >= 15 is 0 Å². The van der Waals surface area contributed by atoms with E-state index in [4.69, 9.17) is 22.7 Å². The van der Waals surface area contributed by atoms with E-state index in [2.05, 4.69) is 79.9 Å². The van der Waals surface area contributed by atoms with E-state index in [0.29, 0.717) is 18.0 Å². The topological polar surface area (TPSA) is 35.2 Å². The van der Waals surface area contributed by atoms with Gasteiger partial charge in [-0.2, -0.15) is 0 Å². The van der Waals surface area contributed by atoms with E-state index in [0.717, 1.165) is 12.9 Å². The molecule has 82 valence electrons. The lowest BCUT2D eigenvalue weighted by molar-refractivity contribution is 0.325. The summed E-state index contributed by atoms with van der Waals surface area (Å²) >= 11 is 11.6. The first-order valence-electron chi connectivity index (χ1n) is 4.06. The van der Waals surface area contributed by atoms with Crippen LogP contribution in [0.5, 0.6) is 5.75 Å². The van der Waals surface area contributed by atoms with Gasteiger partial charge in [-0.25, -0.2) is 0 Å². The molecule has 2 N–H and O–H groups in total. The van der Waals surface area contributed by atoms with Gasteiger partial charge in [-0.05, 0) is 79.9 Å². The van der Waals surface area contributed by atoms with Crippen LogP contribution in [0, 0.1) is 10.7 Å². The molecule has 0 fully saturated rings. The molecule has 0 aliphatic rings. The van der Waals surface area contributed by atoms with Crippen molar-refractivity contribution in [2.75, 3.05) is 6.61 Å². The minimum atomic E-state index is 0.491. The molecule has 0 saturated heterocycles. The third-order valence-corrected chi connectivity index (χ3v) is 3.99. The number of halogens is 3. The van der Waals surface area contributed by atoms with Gasteiger partial charge in [0.1, 0.15) is 5.75 Å². The van der Waals surface area contributed by atoms with Gasteiger partial charge in [-0.3, -0.25) is 0 Å². The summed E-state index contributed by atoms with van der Waals surface area (Å²) in [7, 11) is 0. The maximum Gasteiger partial charge on any atom is 0.146 e. The van der Waals surface area contributed by atoms with Gasteiger partial charge in [0.25, 0.3) is 0 Å². The molecule has 0 aliphatic heterocycles. The summed E-state index contributed by atoms with van der Waals surface area (Å²) in [6, 6.07) is 4.17. The number of hydrogen-bond donors (Lipinski definition) is 1. The van der Waals surface area contributed by atoms with Crippen LogP contribution < -0.4 is 10.5 Å². The average Bonchev–Trinajstić information content (AvgIpc) is 2.08. The van der Waals surface area contributed by atoms with E-state index in [9.17, 15) is 0 Å². The van der Waals surface area contributed by atoms with E-state index < -0.39 is 0 Å². The normalized spacial score (nSPS) is 10.1. The maximum absolute atomic E-state index is 5.65. The van der Waals surface area contributed by atoms with Crippen molar-refractivity contribution in [2.24, 2.45) is 5.73 Å². The van der Waals surface area contributed by atoms with E-state index in [1.54, 1.807) is 0 Å². The number of ether oxygens (including phenoxy) is 1. The van der Waals surface area contributed by atoms with E-state index in [-0.39, 0.29) is 0 Å². The van der Waals surface area contributed by atoms with Crippen LogP contribution in [0.3, 0.4) is 0 Å². The molecule has 15 heavy (non-hydrogen) atoms. The lowest BCUT2D eigenvalue weighted by Crippen LogP contribution is -2.13. The number of thiocarbonyl (C=S) groups is 1. The highest BCUT2D eigenvalue weighted by atomic mass is 127. The molecule has 1 aromatic rings. The Hall–Kier alpha value is 1.10. The summed E-state index contributed by atoms with van der Waals surface area (Å²) in [5.41, 5.74) is 5.40. The maximum atomic E-state index is 5.65. The van der Waals surface area contributed by atoms with E-state index in [1.165, 1.54) is 3.57 Å². The standard InChI is InChI=1S/C9H8I3NOS/c10-5-3-6(11)9(7(12)4-5)14-2-1-8(13)15/h3-4H,1-2H2,(H2,13,15). The van der Waals surface area contributed by atoms with Crippen LogP contribution in [-0.4, -0.2) is 11.6 Å². The molecular formula is C9H8I3NOS. The molecule has 1 rings (SSSR count). The molecule has 0 unspecified atom stereocenters. The summed E-state index contributed by atoms with van der Waals surface area (Å²) in [5, 5.41) is 0. The first kappa shape index (κ1) is 14.2. The van der Waals surface area contributed by atoms with Crippen molar-refractivity contribution >= 4 is 85.0 Å². The Morgan fingerprint density at radius 2 is 1.80 bits per heavy atom. The molecule has 0 atom stereocenters. The van der Waals surface area contributed by atoms with Crippen LogP contribution in [0.1, 0.15) is 6.42 Å². The molecule has 0 spiro atoms. The minimum absolute atomic E-state index is 0.491. The van der Waals surface area contributed by atoms with Crippen LogP contribution in [0.2, 0.25) is 0 Å². The van der Waals surface area contributed by atoms with Gasteiger partial charge in [0.15, 0.2) is 0 Å². The minimum Gasteiger partial charge on any atom is -0.491 e. The molecule has 0 amide bonds. The van der Waals surface area contributed by atoms with Crippen LogP contribution in [0.15, 0.2) is 12.1 Å². The molecule has 2 nitrogen and oxygen atoms in total. The molecule has 0 saturated carbocycles. The predicted molar refractivity (Wildman–Crippen MR) is 91.5 cm³/mol. The first-order valence-corrected chi connectivity index (χ1v) is 7.71. The number of rotatable bonds is 4. The molecule has 0 bridgehead atoms. The fraction of sp³-hybridized carbons (Fsp3) is 0.222. The van der Waals surface area contributed by atoms with Gasteiger partial charge >= 0.3 is 0 Å². The van der Waals surface area contributed by atoms with Gasteiger partial charge < -0.3 is 10.5 Å². The Morgan fingerprint density at radius 1 is 1.27 bits per heavy atom. The highest BCUT2D eigenvalue weighted by Gasteiger charge is 2.07. The number of nitrogens with two attached hydrogens (primary N) is 1. The fourth-order valence-electron chi connectivity index (χ4n) is 0.921. The second-order valence-corrected chi connectivity index (χ2v) is 6.86. The van der Waals surface area contributed by atoms with Crippen molar-refractivity contribution in [1.29, 1.82) is 0 Å². The lowest BCUT2D eigenvalue weighted by Gasteiger charge is -2.10. The van der Waals surface area contributed by atoms with Gasteiger partial charge in [-0.15, -0.1) is 0 Å². The van der Waals surface area contributed by atoms with Crippen LogP contribution in [-0.2, 0) is 0 Å². The number of benzene rings is 1. The lowest BCUT2D eigenvalue weighted by atomic mass is 10.3. The summed E-state index contributed by atoms with van der Waals surface area (Å²) in [4.78, 5) is 0.491. The Bertz CT molecular complexity index is 361. The Kier molecular flexibility index (Phi) is 6.37. The zero-order chi connectivity index (χ0) is 11.4. The highest BCUT2D eigenvalue weighted by molar-refractivity contribution is 14.1. The monoisotopic (exact) mass is 559 g/mol. The summed E-state index contributed by atoms with van der Waals surface area (Å²) in [6.07, 6.45) is 0.619. The molecule has 1 aromatic carbocycles. The average molecular weight is 559 g/mol. The molecule has 0 radical (unpaired) electrons. The second-order valence-electron chi connectivity index (χ2n) is 2.76. The summed E-state index contributed by atoms with van der Waals surface area (Å²) in [6.45, 7) is 0.544. The zero-order valence-electron chi connectivity index (χ0n) is 7.60. The largest absolute Gasteiger partial charge is 0.491 e. The SMILES string of the molecule is NC(=S)CCOc1c(I)cc(I)cc1I. The van der Waals surface area contributed by atoms with Crippen LogP contribution in [0.25, 0.3) is 0 Å². The second kappa shape index (κ2) is 6.74. The third-order valence-electron chi connectivity index (χ3n) is 1.56. The van der Waals surface area contributed by atoms with Crippen molar-refractivity contribution in [3.8, 4) is 5.75 Å². The predicted octanol–water partition coefficient (Wildman–Crippen LogP) is 3.56. The smallest absolute Gasteiger partial charge is 0.146 e. The Morgan fingerprint density at radius 3 is 2.27 bits per heavy atom. The zero-order valence-corrected chi connectivity index (χ0v) is 14.9. The number of hydrogen-bond acceptors (Lipinski definition) is 2. The summed E-state index contributed by atoms with van der Waals surface area (Å²) in [5.74, 6) is 0.924. The Balaban J connectivity index is 2.72. The van der Waals surface area contributed by atoms with Gasteiger partial charge in [0.2, 0.25) is 0 Å². The fourth-order valence-corrected chi connectivity index (χ4v) is 4.90. The quantitative estimate of drug-likeness (QED) is 0.454. The van der Waals surface area contributed by atoms with Crippen molar-refractivity contribution < 1.29 is 4.74 Å². The van der Waals surface area contributed by atoms with Crippen LogP contribution in [0.4, 0.5) is 0 Å². The van der Waals surface area contributed by atoms with Crippen molar-refractivity contribution in [3.05, 3.63) is 22.8 Å². The summed E-state index contributed by atoms with van der Waals surface area (Å²) < 4.78 is 9.09. The van der Waals surface area contributed by atoms with Crippen LogP contribution >= 0.6 is 80.0 Å². The van der Waals surface area contributed by atoms with Gasteiger partial charge in [0, 0.05) is 9.99 Å². The highest BCUT2D eigenvalue weighted by Crippen LogP contribution is 2.29. The first-order chi connectivity index (χ1) is 7.00. The van der Waals surface area contributed by atoms with Crippen molar-refractivity contribution in [2.45, 2.75) is 6.42 Å². The van der Waals surface area contributed by atoms with Gasteiger partial charge in [-0.1, -0.05) is 12.2 Å². The Labute approximate surface area is 135 Å². The van der Waals surface area contributed by atoms with Gasteiger partial charge in [0.05, 0.1) is 18.7 Å².